The van der Waals surface area contributed by atoms with Gasteiger partial charge in [0, 0.05) is 30.2 Å². The molecule has 1 spiro atoms. The molecule has 0 amide bonds. The number of rotatable bonds is 4. The fourth-order valence-corrected chi connectivity index (χ4v) is 5.84. The lowest BCUT2D eigenvalue weighted by molar-refractivity contribution is -0.121. The molecular weight excluding hydrogens is 492 g/mol. The molecule has 3 aromatic carbocycles. The Morgan fingerprint density at radius 2 is 1.68 bits per heavy atom. The van der Waals surface area contributed by atoms with Crippen molar-refractivity contribution in [1.82, 2.24) is 5.43 Å². The first-order valence-electron chi connectivity index (χ1n) is 12.0. The number of ketones is 2. The van der Waals surface area contributed by atoms with E-state index in [-0.39, 0.29) is 34.3 Å². The van der Waals surface area contributed by atoms with Crippen molar-refractivity contribution < 1.29 is 23.8 Å². The summed E-state index contributed by atoms with van der Waals surface area (Å²) in [5, 5.41) is 1.98. The Hall–Kier alpha value is -3.81. The maximum atomic E-state index is 14.1. The summed E-state index contributed by atoms with van der Waals surface area (Å²) >= 11 is 6.59. The predicted molar refractivity (Wildman–Crippen MR) is 140 cm³/mol. The zero-order valence-electron chi connectivity index (χ0n) is 20.6. The Balaban J connectivity index is 1.38. The van der Waals surface area contributed by atoms with Gasteiger partial charge in [-0.1, -0.05) is 61.0 Å². The molecule has 1 unspecified atom stereocenters. The molecule has 188 valence electrons. The number of ether oxygens (including phenoxy) is 3. The van der Waals surface area contributed by atoms with Gasteiger partial charge in [-0.2, -0.15) is 0 Å². The third-order valence-electron chi connectivity index (χ3n) is 7.52. The van der Waals surface area contributed by atoms with Crippen LogP contribution in [-0.2, 0) is 4.79 Å². The van der Waals surface area contributed by atoms with Crippen molar-refractivity contribution in [2.24, 2.45) is 5.92 Å². The van der Waals surface area contributed by atoms with E-state index >= 15 is 0 Å². The van der Waals surface area contributed by atoms with Crippen LogP contribution in [0, 0.1) is 5.92 Å². The number of anilines is 1. The molecule has 6 rings (SSSR count). The molecule has 1 fully saturated rings. The maximum absolute atomic E-state index is 14.1. The van der Waals surface area contributed by atoms with Crippen molar-refractivity contribution in [2.45, 2.75) is 25.0 Å². The number of nitrogens with one attached hydrogen (secondary N) is 1. The topological polar surface area (TPSA) is 77.1 Å². The molecular formula is C29H25ClN2O5. The summed E-state index contributed by atoms with van der Waals surface area (Å²) in [6, 6.07) is 19.0. The second kappa shape index (κ2) is 8.64. The van der Waals surface area contributed by atoms with Crippen LogP contribution in [0.1, 0.15) is 23.7 Å². The molecule has 8 heteroatoms. The normalized spacial score (nSPS) is 24.0. The van der Waals surface area contributed by atoms with Gasteiger partial charge in [0.05, 0.1) is 19.9 Å². The van der Waals surface area contributed by atoms with Crippen LogP contribution in [-0.4, -0.2) is 37.4 Å². The molecule has 0 bridgehead atoms. The van der Waals surface area contributed by atoms with Gasteiger partial charge in [-0.15, -0.1) is 0 Å². The highest BCUT2D eigenvalue weighted by atomic mass is 35.5. The Kier molecular flexibility index (Phi) is 5.51. The number of hydrogen-bond acceptors (Lipinski definition) is 7. The van der Waals surface area contributed by atoms with Gasteiger partial charge in [0.25, 0.3) is 0 Å². The number of halogens is 1. The fraction of sp³-hybridized carbons (Fsp3) is 0.241. The van der Waals surface area contributed by atoms with Crippen LogP contribution in [0.5, 0.6) is 17.2 Å². The van der Waals surface area contributed by atoms with Crippen molar-refractivity contribution >= 4 is 28.9 Å². The van der Waals surface area contributed by atoms with Crippen LogP contribution >= 0.6 is 11.6 Å². The van der Waals surface area contributed by atoms with E-state index in [1.807, 2.05) is 49.4 Å². The minimum absolute atomic E-state index is 0.0259. The van der Waals surface area contributed by atoms with Crippen molar-refractivity contribution in [3.8, 4) is 28.4 Å². The van der Waals surface area contributed by atoms with Crippen LogP contribution in [0.15, 0.2) is 72.4 Å². The van der Waals surface area contributed by atoms with Crippen molar-refractivity contribution in [3.05, 3.63) is 83.0 Å². The van der Waals surface area contributed by atoms with Gasteiger partial charge in [-0.25, -0.2) is 5.43 Å². The summed E-state index contributed by atoms with van der Waals surface area (Å²) in [5.41, 5.74) is 5.78. The third-order valence-corrected chi connectivity index (χ3v) is 7.88. The lowest BCUT2D eigenvalue weighted by atomic mass is 9.68. The molecule has 0 aromatic heterocycles. The first-order valence-corrected chi connectivity index (χ1v) is 12.4. The molecule has 2 aliphatic heterocycles. The summed E-state index contributed by atoms with van der Waals surface area (Å²) in [7, 11) is 2.97. The van der Waals surface area contributed by atoms with E-state index in [2.05, 4.69) is 17.6 Å². The molecule has 37 heavy (non-hydrogen) atoms. The molecule has 3 aliphatic rings. The van der Waals surface area contributed by atoms with Crippen molar-refractivity contribution in [3.63, 3.8) is 0 Å². The summed E-state index contributed by atoms with van der Waals surface area (Å²) in [5.74, 6) is 0.171. The third kappa shape index (κ3) is 3.38. The molecule has 0 radical (unpaired) electrons. The van der Waals surface area contributed by atoms with E-state index in [9.17, 15) is 9.59 Å². The summed E-state index contributed by atoms with van der Waals surface area (Å²) in [6.07, 6.45) is 1.93. The second-order valence-electron chi connectivity index (χ2n) is 9.48. The van der Waals surface area contributed by atoms with E-state index in [0.717, 1.165) is 16.8 Å². The largest absolute Gasteiger partial charge is 0.496 e. The first-order chi connectivity index (χ1) is 17.9. The number of carbonyl (C=O) groups is 2. The molecule has 0 saturated heterocycles. The number of Topliss-reactive ketones (excluding diaryl/α,β-unsaturated/α-hetero) is 2. The number of hydrazine groups is 1. The standard InChI is InChI=1S/C29H25ClN2O5/c1-16-13-21(33)20-15-32(19-11-9-18(10-12-19)17-7-5-4-6-8-17)31-27(20)29(16)28(34)24-22(35-2)14-23(36-3)25(30)26(24)37-29/h4-12,14-16,27,31H,13H2,1-3H3/t16-,27?,29+/m1/s1. The molecule has 7 nitrogen and oxygen atoms in total. The summed E-state index contributed by atoms with van der Waals surface area (Å²) < 4.78 is 17.4. The minimum Gasteiger partial charge on any atom is -0.496 e. The van der Waals surface area contributed by atoms with Gasteiger partial charge in [0.1, 0.15) is 28.1 Å². The summed E-state index contributed by atoms with van der Waals surface area (Å²) in [4.78, 5) is 27.2. The fourth-order valence-electron chi connectivity index (χ4n) is 5.58. The number of benzene rings is 3. The Labute approximate surface area is 219 Å². The molecule has 3 atom stereocenters. The number of carbonyl (C=O) groups excluding carboxylic acids is 2. The molecule has 1 saturated carbocycles. The Morgan fingerprint density at radius 3 is 2.35 bits per heavy atom. The van der Waals surface area contributed by atoms with E-state index in [1.165, 1.54) is 14.2 Å². The highest BCUT2D eigenvalue weighted by Gasteiger charge is 2.64. The highest BCUT2D eigenvalue weighted by molar-refractivity contribution is 6.35. The Bertz CT molecular complexity index is 1450. The van der Waals surface area contributed by atoms with Crippen LogP contribution < -0.4 is 24.6 Å². The minimum atomic E-state index is -1.37. The van der Waals surface area contributed by atoms with Crippen LogP contribution in [0.2, 0.25) is 5.02 Å². The van der Waals surface area contributed by atoms with E-state index in [4.69, 9.17) is 25.8 Å². The van der Waals surface area contributed by atoms with Gasteiger partial charge in [0.2, 0.25) is 5.78 Å². The lowest BCUT2D eigenvalue weighted by Crippen LogP contribution is -2.65. The van der Waals surface area contributed by atoms with E-state index < -0.39 is 17.6 Å². The van der Waals surface area contributed by atoms with Gasteiger partial charge in [-0.3, -0.25) is 14.6 Å². The van der Waals surface area contributed by atoms with Gasteiger partial charge in [0.15, 0.2) is 17.1 Å². The zero-order chi connectivity index (χ0) is 25.9. The lowest BCUT2D eigenvalue weighted by Gasteiger charge is -2.42. The van der Waals surface area contributed by atoms with E-state index in [0.29, 0.717) is 17.1 Å². The monoisotopic (exact) mass is 516 g/mol. The average Bonchev–Trinajstić information content (AvgIpc) is 3.51. The van der Waals surface area contributed by atoms with Gasteiger partial charge in [-0.05, 0) is 23.3 Å². The molecule has 1 N–H and O–H groups in total. The first kappa shape index (κ1) is 23.6. The second-order valence-corrected chi connectivity index (χ2v) is 9.86. The maximum Gasteiger partial charge on any atom is 0.216 e. The number of nitrogens with zero attached hydrogens (tertiary/aromatic N) is 1. The number of hydrogen-bond donors (Lipinski definition) is 1. The van der Waals surface area contributed by atoms with Crippen LogP contribution in [0.4, 0.5) is 5.69 Å². The molecule has 3 aromatic rings. The number of methoxy groups -OCH3 is 2. The van der Waals surface area contributed by atoms with Gasteiger partial charge < -0.3 is 14.2 Å². The van der Waals surface area contributed by atoms with Crippen LogP contribution in [0.25, 0.3) is 11.1 Å². The molecule has 1 aliphatic carbocycles. The average molecular weight is 517 g/mol. The van der Waals surface area contributed by atoms with E-state index in [1.54, 1.807) is 17.3 Å². The molecule has 2 heterocycles. The van der Waals surface area contributed by atoms with Crippen molar-refractivity contribution in [1.29, 1.82) is 0 Å². The predicted octanol–water partition coefficient (Wildman–Crippen LogP) is 5.22. The SMILES string of the molecule is COc1cc(OC)c2c(c1Cl)O[C@]1(C2=O)C2NN(c3ccc(-c4ccccc4)cc3)C=C2C(=O)C[C@H]1C. The quantitative estimate of drug-likeness (QED) is 0.509. The van der Waals surface area contributed by atoms with Gasteiger partial charge >= 0.3 is 0 Å². The highest BCUT2D eigenvalue weighted by Crippen LogP contribution is 2.55. The van der Waals surface area contributed by atoms with Crippen LogP contribution in [0.3, 0.4) is 0 Å². The smallest absolute Gasteiger partial charge is 0.216 e. The Morgan fingerprint density at radius 1 is 1.00 bits per heavy atom. The summed E-state index contributed by atoms with van der Waals surface area (Å²) in [6.45, 7) is 1.86. The number of fused-ring (bicyclic) bond motifs is 3. The zero-order valence-corrected chi connectivity index (χ0v) is 21.3. The van der Waals surface area contributed by atoms with Crippen molar-refractivity contribution in [2.75, 3.05) is 19.2 Å².